The molecule has 4 nitrogen and oxygen atoms in total. The standard InChI is InChI=1S/C26H34N2O2/c1-18(2)24-16-19(3)10-15-25(24)30-17-26(29)28-27-20(4)21-11-13-23(14-12-21)22-8-6-5-7-9-22/h10-16,18,22H,5-9,17H2,1-4H3,(H,28,29)/b27-20-. The number of hydrogen-bond acceptors (Lipinski definition) is 3. The van der Waals surface area contributed by atoms with E-state index in [0.717, 1.165) is 22.6 Å². The van der Waals surface area contributed by atoms with Crippen LogP contribution in [0.1, 0.15) is 87.0 Å². The van der Waals surface area contributed by atoms with Gasteiger partial charge in [0.25, 0.3) is 5.91 Å². The lowest BCUT2D eigenvalue weighted by molar-refractivity contribution is -0.123. The minimum Gasteiger partial charge on any atom is -0.483 e. The third-order valence-corrected chi connectivity index (χ3v) is 5.90. The highest BCUT2D eigenvalue weighted by Crippen LogP contribution is 2.32. The minimum absolute atomic E-state index is 0.0554. The summed E-state index contributed by atoms with van der Waals surface area (Å²) in [6.07, 6.45) is 6.63. The van der Waals surface area contributed by atoms with E-state index in [0.29, 0.717) is 11.8 Å². The third-order valence-electron chi connectivity index (χ3n) is 5.90. The van der Waals surface area contributed by atoms with Gasteiger partial charge >= 0.3 is 0 Å². The Balaban J connectivity index is 1.54. The van der Waals surface area contributed by atoms with E-state index in [4.69, 9.17) is 4.74 Å². The van der Waals surface area contributed by atoms with Crippen LogP contribution in [0.5, 0.6) is 5.75 Å². The van der Waals surface area contributed by atoms with Crippen molar-refractivity contribution in [3.63, 3.8) is 0 Å². The minimum atomic E-state index is -0.261. The highest BCUT2D eigenvalue weighted by molar-refractivity contribution is 5.99. The third kappa shape index (κ3) is 5.94. The first-order chi connectivity index (χ1) is 14.4. The summed E-state index contributed by atoms with van der Waals surface area (Å²) in [5, 5.41) is 4.26. The Morgan fingerprint density at radius 1 is 1.10 bits per heavy atom. The fourth-order valence-corrected chi connectivity index (χ4v) is 4.07. The zero-order valence-corrected chi connectivity index (χ0v) is 18.7. The summed E-state index contributed by atoms with van der Waals surface area (Å²) in [6, 6.07) is 14.7. The molecule has 0 saturated heterocycles. The van der Waals surface area contributed by atoms with Gasteiger partial charge in [0.1, 0.15) is 5.75 Å². The van der Waals surface area contributed by atoms with Gasteiger partial charge in [0.2, 0.25) is 0 Å². The second-order valence-corrected chi connectivity index (χ2v) is 8.67. The van der Waals surface area contributed by atoms with E-state index in [1.807, 2.05) is 19.1 Å². The van der Waals surface area contributed by atoms with E-state index in [1.165, 1.54) is 43.2 Å². The fourth-order valence-electron chi connectivity index (χ4n) is 4.07. The van der Waals surface area contributed by atoms with Crippen LogP contribution in [0.15, 0.2) is 47.6 Å². The summed E-state index contributed by atoms with van der Waals surface area (Å²) in [6.45, 7) is 8.15. The molecular formula is C26H34N2O2. The molecule has 3 rings (SSSR count). The molecule has 1 amide bonds. The van der Waals surface area contributed by atoms with Gasteiger partial charge < -0.3 is 4.74 Å². The van der Waals surface area contributed by atoms with Crippen LogP contribution in [0.3, 0.4) is 0 Å². The highest BCUT2D eigenvalue weighted by Gasteiger charge is 2.15. The van der Waals surface area contributed by atoms with Crippen LogP contribution in [0.25, 0.3) is 0 Å². The molecule has 0 heterocycles. The quantitative estimate of drug-likeness (QED) is 0.447. The first kappa shape index (κ1) is 22.1. The molecule has 4 heteroatoms. The monoisotopic (exact) mass is 406 g/mol. The number of aryl methyl sites for hydroxylation is 1. The van der Waals surface area contributed by atoms with Crippen LogP contribution in [0.2, 0.25) is 0 Å². The van der Waals surface area contributed by atoms with Crippen LogP contribution < -0.4 is 10.2 Å². The number of hydrogen-bond donors (Lipinski definition) is 1. The maximum Gasteiger partial charge on any atom is 0.277 e. The van der Waals surface area contributed by atoms with Gasteiger partial charge in [-0.15, -0.1) is 0 Å². The second-order valence-electron chi connectivity index (χ2n) is 8.67. The molecule has 0 radical (unpaired) electrons. The second kappa shape index (κ2) is 10.4. The first-order valence-corrected chi connectivity index (χ1v) is 11.1. The van der Waals surface area contributed by atoms with E-state index in [1.54, 1.807) is 0 Å². The van der Waals surface area contributed by atoms with Crippen molar-refractivity contribution in [3.05, 3.63) is 64.7 Å². The predicted octanol–water partition coefficient (Wildman–Crippen LogP) is 6.09. The molecule has 1 N–H and O–H groups in total. The number of hydrazone groups is 1. The molecule has 0 spiro atoms. The van der Waals surface area contributed by atoms with Crippen molar-refractivity contribution in [2.24, 2.45) is 5.10 Å². The smallest absolute Gasteiger partial charge is 0.277 e. The number of rotatable bonds is 7. The molecule has 160 valence electrons. The molecule has 30 heavy (non-hydrogen) atoms. The van der Waals surface area contributed by atoms with Crippen molar-refractivity contribution >= 4 is 11.6 Å². The Labute approximate surface area is 180 Å². The van der Waals surface area contributed by atoms with Crippen LogP contribution in [0.4, 0.5) is 0 Å². The Hall–Kier alpha value is -2.62. The maximum atomic E-state index is 12.2. The number of ether oxygens (including phenoxy) is 1. The highest BCUT2D eigenvalue weighted by atomic mass is 16.5. The van der Waals surface area contributed by atoms with Crippen molar-refractivity contribution < 1.29 is 9.53 Å². The van der Waals surface area contributed by atoms with Crippen molar-refractivity contribution in [3.8, 4) is 5.75 Å². The fraction of sp³-hybridized carbons (Fsp3) is 0.462. The van der Waals surface area contributed by atoms with Crippen molar-refractivity contribution in [1.82, 2.24) is 5.43 Å². The summed E-state index contributed by atoms with van der Waals surface area (Å²) in [7, 11) is 0. The Morgan fingerprint density at radius 2 is 1.80 bits per heavy atom. The van der Waals surface area contributed by atoms with Crippen LogP contribution in [-0.4, -0.2) is 18.2 Å². The van der Waals surface area contributed by atoms with E-state index in [9.17, 15) is 4.79 Å². The average molecular weight is 407 g/mol. The van der Waals surface area contributed by atoms with Gasteiger partial charge in [-0.3, -0.25) is 4.79 Å². The molecule has 0 bridgehead atoms. The molecule has 0 atom stereocenters. The molecule has 1 saturated carbocycles. The van der Waals surface area contributed by atoms with E-state index in [2.05, 4.69) is 61.6 Å². The molecule has 1 aliphatic rings. The van der Waals surface area contributed by atoms with Gasteiger partial charge in [0, 0.05) is 0 Å². The topological polar surface area (TPSA) is 50.7 Å². The zero-order valence-electron chi connectivity index (χ0n) is 18.7. The van der Waals surface area contributed by atoms with E-state index >= 15 is 0 Å². The van der Waals surface area contributed by atoms with E-state index < -0.39 is 0 Å². The summed E-state index contributed by atoms with van der Waals surface area (Å²) in [4.78, 5) is 12.2. The van der Waals surface area contributed by atoms with Crippen molar-refractivity contribution in [1.29, 1.82) is 0 Å². The number of nitrogens with zero attached hydrogens (tertiary/aromatic N) is 1. The van der Waals surface area contributed by atoms with Gasteiger partial charge in [-0.05, 0) is 61.3 Å². The normalized spacial score (nSPS) is 15.3. The molecule has 0 aliphatic heterocycles. The molecule has 2 aromatic carbocycles. The summed E-state index contributed by atoms with van der Waals surface area (Å²) in [5.41, 5.74) is 8.14. The summed E-state index contributed by atoms with van der Waals surface area (Å²) >= 11 is 0. The number of benzene rings is 2. The first-order valence-electron chi connectivity index (χ1n) is 11.1. The lowest BCUT2D eigenvalue weighted by Gasteiger charge is -2.22. The van der Waals surface area contributed by atoms with Crippen LogP contribution >= 0.6 is 0 Å². The molecule has 1 fully saturated rings. The lowest BCUT2D eigenvalue weighted by Crippen LogP contribution is -2.26. The number of amides is 1. The maximum absolute atomic E-state index is 12.2. The largest absolute Gasteiger partial charge is 0.483 e. The van der Waals surface area contributed by atoms with Crippen LogP contribution in [-0.2, 0) is 4.79 Å². The van der Waals surface area contributed by atoms with Crippen LogP contribution in [0, 0.1) is 6.92 Å². The van der Waals surface area contributed by atoms with Gasteiger partial charge in [-0.25, -0.2) is 5.43 Å². The van der Waals surface area contributed by atoms with Gasteiger partial charge in [0.15, 0.2) is 6.61 Å². The Bertz CT molecular complexity index is 878. The number of carbonyl (C=O) groups is 1. The van der Waals surface area contributed by atoms with Gasteiger partial charge in [0.05, 0.1) is 5.71 Å². The summed E-state index contributed by atoms with van der Waals surface area (Å²) < 4.78 is 5.75. The van der Waals surface area contributed by atoms with Crippen molar-refractivity contribution in [2.45, 2.75) is 71.6 Å². The van der Waals surface area contributed by atoms with E-state index in [-0.39, 0.29) is 12.5 Å². The number of nitrogens with one attached hydrogen (secondary N) is 1. The number of carbonyl (C=O) groups excluding carboxylic acids is 1. The molecular weight excluding hydrogens is 372 g/mol. The average Bonchev–Trinajstić information content (AvgIpc) is 2.77. The molecule has 0 aromatic heterocycles. The molecule has 1 aliphatic carbocycles. The SMILES string of the molecule is C/C(=N/NC(=O)COc1ccc(C)cc1C(C)C)c1ccc(C2CCCCC2)cc1. The zero-order chi connectivity index (χ0) is 21.5. The molecule has 0 unspecified atom stereocenters. The molecule has 2 aromatic rings. The lowest BCUT2D eigenvalue weighted by atomic mass is 9.84. The van der Waals surface area contributed by atoms with Gasteiger partial charge in [-0.1, -0.05) is 75.1 Å². The van der Waals surface area contributed by atoms with Crippen molar-refractivity contribution in [2.75, 3.05) is 6.61 Å². The predicted molar refractivity (Wildman–Crippen MR) is 123 cm³/mol. The Kier molecular flexibility index (Phi) is 7.67. The Morgan fingerprint density at radius 3 is 2.47 bits per heavy atom. The van der Waals surface area contributed by atoms with Gasteiger partial charge in [-0.2, -0.15) is 5.10 Å². The summed E-state index contributed by atoms with van der Waals surface area (Å²) in [5.74, 6) is 1.52.